The molecule has 0 bridgehead atoms. The molecule has 108 valence electrons. The van der Waals surface area contributed by atoms with E-state index in [0.717, 1.165) is 6.54 Å². The lowest BCUT2D eigenvalue weighted by Crippen LogP contribution is -2.44. The monoisotopic (exact) mass is 255 g/mol. The van der Waals surface area contributed by atoms with Crippen LogP contribution in [0.4, 0.5) is 0 Å². The van der Waals surface area contributed by atoms with Gasteiger partial charge in [0.15, 0.2) is 0 Å². The summed E-state index contributed by atoms with van der Waals surface area (Å²) >= 11 is 0. The third-order valence-electron chi connectivity index (χ3n) is 3.65. The van der Waals surface area contributed by atoms with E-state index in [1.807, 2.05) is 0 Å². The van der Waals surface area contributed by atoms with Gasteiger partial charge in [-0.3, -0.25) is 0 Å². The number of rotatable bonds is 7. The van der Waals surface area contributed by atoms with Crippen molar-refractivity contribution in [3.8, 4) is 0 Å². The summed E-state index contributed by atoms with van der Waals surface area (Å²) in [5, 5.41) is 3.55. The highest BCUT2D eigenvalue weighted by atomic mass is 15.2. The molecule has 0 aromatic heterocycles. The highest BCUT2D eigenvalue weighted by Crippen LogP contribution is 2.05. The molecule has 1 rings (SSSR count). The predicted molar refractivity (Wildman–Crippen MR) is 80.2 cm³/mol. The molecule has 0 radical (unpaired) electrons. The fourth-order valence-electron chi connectivity index (χ4n) is 2.35. The smallest absolute Gasteiger partial charge is 0.0110 e. The van der Waals surface area contributed by atoms with E-state index < -0.39 is 0 Å². The molecule has 0 saturated carbocycles. The quantitative estimate of drug-likeness (QED) is 0.704. The van der Waals surface area contributed by atoms with Crippen LogP contribution in [0.5, 0.6) is 0 Å². The molecule has 1 aliphatic heterocycles. The summed E-state index contributed by atoms with van der Waals surface area (Å²) < 4.78 is 0. The van der Waals surface area contributed by atoms with Crippen molar-refractivity contribution in [1.82, 2.24) is 15.1 Å². The Morgan fingerprint density at radius 2 is 1.50 bits per heavy atom. The normalized spacial score (nSPS) is 19.3. The summed E-state index contributed by atoms with van der Waals surface area (Å²) in [7, 11) is 2.22. The summed E-state index contributed by atoms with van der Waals surface area (Å²) in [5.74, 6) is 0. The summed E-state index contributed by atoms with van der Waals surface area (Å²) in [6.45, 7) is 14.2. The van der Waals surface area contributed by atoms with Gasteiger partial charge in [0.2, 0.25) is 0 Å². The van der Waals surface area contributed by atoms with Crippen molar-refractivity contribution in [2.45, 2.75) is 52.0 Å². The number of nitrogens with zero attached hydrogens (tertiary/aromatic N) is 2. The van der Waals surface area contributed by atoms with Crippen LogP contribution in [0, 0.1) is 0 Å². The van der Waals surface area contributed by atoms with Gasteiger partial charge in [-0.05, 0) is 53.8 Å². The maximum Gasteiger partial charge on any atom is 0.0110 e. The predicted octanol–water partition coefficient (Wildman–Crippen LogP) is 2.18. The second-order valence-corrected chi connectivity index (χ2v) is 6.74. The van der Waals surface area contributed by atoms with Crippen LogP contribution < -0.4 is 5.32 Å². The van der Waals surface area contributed by atoms with Gasteiger partial charge in [-0.1, -0.05) is 12.8 Å². The van der Waals surface area contributed by atoms with Crippen molar-refractivity contribution >= 4 is 0 Å². The minimum Gasteiger partial charge on any atom is -0.312 e. The Morgan fingerprint density at radius 1 is 0.889 bits per heavy atom. The zero-order valence-electron chi connectivity index (χ0n) is 13.0. The van der Waals surface area contributed by atoms with Crippen molar-refractivity contribution in [3.63, 3.8) is 0 Å². The molecule has 1 saturated heterocycles. The van der Waals surface area contributed by atoms with Crippen LogP contribution in [0.3, 0.4) is 0 Å². The molecule has 3 heteroatoms. The lowest BCUT2D eigenvalue weighted by molar-refractivity contribution is 0.152. The van der Waals surface area contributed by atoms with E-state index in [0.29, 0.717) is 0 Å². The van der Waals surface area contributed by atoms with Gasteiger partial charge in [-0.25, -0.2) is 0 Å². The van der Waals surface area contributed by atoms with Crippen molar-refractivity contribution in [2.75, 3.05) is 46.3 Å². The Morgan fingerprint density at radius 3 is 2.11 bits per heavy atom. The average molecular weight is 255 g/mol. The van der Waals surface area contributed by atoms with Crippen LogP contribution in [0.2, 0.25) is 0 Å². The second-order valence-electron chi connectivity index (χ2n) is 6.74. The van der Waals surface area contributed by atoms with Crippen molar-refractivity contribution < 1.29 is 0 Å². The molecule has 1 heterocycles. The van der Waals surface area contributed by atoms with Gasteiger partial charge >= 0.3 is 0 Å². The molecule has 1 fully saturated rings. The number of nitrogens with one attached hydrogen (secondary N) is 1. The Kier molecular flexibility index (Phi) is 7.20. The molecule has 3 nitrogen and oxygen atoms in total. The van der Waals surface area contributed by atoms with Gasteiger partial charge in [0.05, 0.1) is 0 Å². The van der Waals surface area contributed by atoms with E-state index in [2.05, 4.69) is 42.9 Å². The van der Waals surface area contributed by atoms with Crippen LogP contribution in [0.1, 0.15) is 46.5 Å². The summed E-state index contributed by atoms with van der Waals surface area (Å²) in [4.78, 5) is 5.04. The lowest BCUT2D eigenvalue weighted by Gasteiger charge is -2.32. The standard InChI is InChI=1S/C15H33N3/c1-15(2,3)16-9-7-5-6-8-10-18-13-11-17(4)12-14-18/h16H,5-14H2,1-4H3. The van der Waals surface area contributed by atoms with Crippen molar-refractivity contribution in [3.05, 3.63) is 0 Å². The van der Waals surface area contributed by atoms with Crippen LogP contribution in [-0.4, -0.2) is 61.7 Å². The highest BCUT2D eigenvalue weighted by molar-refractivity contribution is 4.70. The maximum atomic E-state index is 3.55. The van der Waals surface area contributed by atoms with Crippen LogP contribution in [-0.2, 0) is 0 Å². The fraction of sp³-hybridized carbons (Fsp3) is 1.00. The molecule has 0 spiro atoms. The number of unbranched alkanes of at least 4 members (excludes halogenated alkanes) is 3. The van der Waals surface area contributed by atoms with Crippen LogP contribution in [0.15, 0.2) is 0 Å². The average Bonchev–Trinajstić information content (AvgIpc) is 2.29. The minimum absolute atomic E-state index is 0.278. The van der Waals surface area contributed by atoms with Crippen LogP contribution >= 0.6 is 0 Å². The topological polar surface area (TPSA) is 18.5 Å². The molecule has 0 unspecified atom stereocenters. The van der Waals surface area contributed by atoms with E-state index in [-0.39, 0.29) is 5.54 Å². The number of likely N-dealkylation sites (N-methyl/N-ethyl adjacent to an activating group) is 1. The first-order chi connectivity index (χ1) is 8.47. The fourth-order valence-corrected chi connectivity index (χ4v) is 2.35. The van der Waals surface area contributed by atoms with Gasteiger partial charge in [0.1, 0.15) is 0 Å². The van der Waals surface area contributed by atoms with Crippen molar-refractivity contribution in [1.29, 1.82) is 0 Å². The number of hydrogen-bond acceptors (Lipinski definition) is 3. The molecule has 0 aliphatic carbocycles. The zero-order valence-corrected chi connectivity index (χ0v) is 13.0. The zero-order chi connectivity index (χ0) is 13.4. The first kappa shape index (κ1) is 15.9. The van der Waals surface area contributed by atoms with Gasteiger partial charge in [-0.15, -0.1) is 0 Å². The third kappa shape index (κ3) is 8.06. The van der Waals surface area contributed by atoms with E-state index in [9.17, 15) is 0 Å². The summed E-state index contributed by atoms with van der Waals surface area (Å²) in [5.41, 5.74) is 0.278. The first-order valence-electron chi connectivity index (χ1n) is 7.63. The maximum absolute atomic E-state index is 3.55. The Hall–Kier alpha value is -0.120. The molecule has 1 aliphatic rings. The second kappa shape index (κ2) is 8.13. The Balaban J connectivity index is 1.87. The number of hydrogen-bond donors (Lipinski definition) is 1. The van der Waals surface area contributed by atoms with E-state index in [1.54, 1.807) is 0 Å². The minimum atomic E-state index is 0.278. The number of piperazine rings is 1. The summed E-state index contributed by atoms with van der Waals surface area (Å²) in [6.07, 6.45) is 5.45. The lowest BCUT2D eigenvalue weighted by atomic mass is 10.1. The Bertz CT molecular complexity index is 202. The first-order valence-corrected chi connectivity index (χ1v) is 7.63. The molecule has 0 amide bonds. The van der Waals surface area contributed by atoms with Gasteiger partial charge < -0.3 is 15.1 Å². The molecule has 0 aromatic rings. The van der Waals surface area contributed by atoms with Gasteiger partial charge in [0, 0.05) is 31.7 Å². The molecular weight excluding hydrogens is 222 g/mol. The SMILES string of the molecule is CN1CCN(CCCCCCNC(C)(C)C)CC1. The van der Waals surface area contributed by atoms with Crippen molar-refractivity contribution in [2.24, 2.45) is 0 Å². The molecule has 1 N–H and O–H groups in total. The molecule has 18 heavy (non-hydrogen) atoms. The molecule has 0 atom stereocenters. The van der Waals surface area contributed by atoms with E-state index >= 15 is 0 Å². The molecular formula is C15H33N3. The Labute approximate surface area is 114 Å². The van der Waals surface area contributed by atoms with Gasteiger partial charge in [0.25, 0.3) is 0 Å². The third-order valence-corrected chi connectivity index (χ3v) is 3.65. The largest absolute Gasteiger partial charge is 0.312 e. The van der Waals surface area contributed by atoms with Gasteiger partial charge in [-0.2, -0.15) is 0 Å². The van der Waals surface area contributed by atoms with E-state index in [4.69, 9.17) is 0 Å². The molecule has 0 aromatic carbocycles. The van der Waals surface area contributed by atoms with E-state index in [1.165, 1.54) is 58.4 Å². The van der Waals surface area contributed by atoms with Crippen LogP contribution in [0.25, 0.3) is 0 Å². The highest BCUT2D eigenvalue weighted by Gasteiger charge is 2.12. The summed E-state index contributed by atoms with van der Waals surface area (Å²) in [6, 6.07) is 0.